The van der Waals surface area contributed by atoms with Crippen LogP contribution in [0.1, 0.15) is 0 Å². The molecule has 0 fully saturated rings. The summed E-state index contributed by atoms with van der Waals surface area (Å²) in [4.78, 5) is 43.3. The first kappa shape index (κ1) is 22.1. The van der Waals surface area contributed by atoms with E-state index >= 15 is 0 Å². The first-order valence-corrected chi connectivity index (χ1v) is 14.1. The zero-order valence-corrected chi connectivity index (χ0v) is 22.1. The summed E-state index contributed by atoms with van der Waals surface area (Å²) in [6, 6.07) is 35.8. The molecular weight excluding hydrogens is 516 g/mol. The predicted octanol–water partition coefficient (Wildman–Crippen LogP) is 8.46. The molecule has 0 bridgehead atoms. The van der Waals surface area contributed by atoms with Gasteiger partial charge >= 0.3 is 0 Å². The van der Waals surface area contributed by atoms with Crippen LogP contribution in [0.2, 0.25) is 0 Å². The molecule has 0 saturated heterocycles. The van der Waals surface area contributed by atoms with Gasteiger partial charge in [-0.15, -0.1) is 0 Å². The highest BCUT2D eigenvalue weighted by atomic mass is 16.1. The van der Waals surface area contributed by atoms with E-state index in [4.69, 9.17) is 0 Å². The standard InChI is InChI=1S/C39H18O3/c40-37-28-16-22-10-4-1-7-19(22)13-25(28)31-34(37)32-27-15-21-9-3-6-12-24(21)18-30(27)39(42)36(32)33-26-14-20-8-2-5-11-23(20)17-29(26)38(41)35(31)33/h1-18H. The van der Waals surface area contributed by atoms with Gasteiger partial charge in [0.2, 0.25) is 0 Å². The van der Waals surface area contributed by atoms with Crippen molar-refractivity contribution in [1.82, 2.24) is 0 Å². The van der Waals surface area contributed by atoms with Crippen LogP contribution in [0.4, 0.5) is 0 Å². The number of benzene rings is 7. The van der Waals surface area contributed by atoms with Crippen molar-refractivity contribution in [3.8, 4) is 0 Å². The van der Waals surface area contributed by atoms with Crippen LogP contribution in [0.5, 0.6) is 0 Å². The lowest BCUT2D eigenvalue weighted by Crippen LogP contribution is -1.99. The average molecular weight is 535 g/mol. The Balaban J connectivity index is 1.62. The Kier molecular flexibility index (Phi) is 3.86. The van der Waals surface area contributed by atoms with E-state index in [0.717, 1.165) is 48.5 Å². The van der Waals surface area contributed by atoms with Crippen LogP contribution in [0.25, 0.3) is 97.0 Å². The van der Waals surface area contributed by atoms with Gasteiger partial charge in [-0.2, -0.15) is 0 Å². The van der Waals surface area contributed by atoms with E-state index in [0.29, 0.717) is 48.5 Å². The minimum absolute atomic E-state index is 0.132. The van der Waals surface area contributed by atoms with Crippen molar-refractivity contribution in [2.45, 2.75) is 0 Å². The van der Waals surface area contributed by atoms with Crippen molar-refractivity contribution < 1.29 is 0 Å². The van der Waals surface area contributed by atoms with E-state index in [1.807, 2.05) is 109 Å². The van der Waals surface area contributed by atoms with Gasteiger partial charge in [0, 0.05) is 48.5 Å². The molecule has 10 aromatic carbocycles. The Morgan fingerprint density at radius 3 is 0.714 bits per heavy atom. The first-order chi connectivity index (χ1) is 20.6. The molecule has 10 rings (SSSR count). The fraction of sp³-hybridized carbons (Fsp3) is 0. The molecule has 192 valence electrons. The smallest absolute Gasteiger partial charge is 0.194 e. The van der Waals surface area contributed by atoms with Gasteiger partial charge in [0.25, 0.3) is 0 Å². The normalized spacial score (nSPS) is 12.6. The second kappa shape index (κ2) is 7.34. The molecule has 0 amide bonds. The molecule has 0 radical (unpaired) electrons. The lowest BCUT2D eigenvalue weighted by atomic mass is 9.98. The van der Waals surface area contributed by atoms with Crippen LogP contribution in [0, 0.1) is 0 Å². The van der Waals surface area contributed by atoms with Gasteiger partial charge in [0.15, 0.2) is 16.3 Å². The quantitative estimate of drug-likeness (QED) is 0.196. The molecule has 0 N–H and O–H groups in total. The van der Waals surface area contributed by atoms with Gasteiger partial charge in [0.1, 0.15) is 0 Å². The third-order valence-corrected chi connectivity index (χ3v) is 9.38. The molecule has 0 saturated carbocycles. The Morgan fingerprint density at radius 2 is 0.476 bits per heavy atom. The van der Waals surface area contributed by atoms with Crippen LogP contribution in [-0.4, -0.2) is 0 Å². The van der Waals surface area contributed by atoms with E-state index in [1.165, 1.54) is 0 Å². The highest BCUT2D eigenvalue weighted by molar-refractivity contribution is 6.43. The van der Waals surface area contributed by atoms with Crippen molar-refractivity contribution in [3.05, 3.63) is 140 Å². The Bertz CT molecular complexity index is 2660. The van der Waals surface area contributed by atoms with Gasteiger partial charge in [-0.05, 0) is 84.9 Å². The van der Waals surface area contributed by atoms with Gasteiger partial charge in [-0.3, -0.25) is 14.4 Å². The molecule has 3 heteroatoms. The lowest BCUT2D eigenvalue weighted by Gasteiger charge is -2.03. The van der Waals surface area contributed by atoms with Crippen molar-refractivity contribution in [3.63, 3.8) is 0 Å². The fourth-order valence-corrected chi connectivity index (χ4v) is 7.55. The average Bonchev–Trinajstić information content (AvgIpc) is 3.58. The molecule has 0 aliphatic rings. The Hall–Kier alpha value is -5.67. The highest BCUT2D eigenvalue weighted by Crippen LogP contribution is 2.44. The number of rotatable bonds is 0. The molecule has 3 nitrogen and oxygen atoms in total. The molecular formula is C39H18O3. The summed E-state index contributed by atoms with van der Waals surface area (Å²) >= 11 is 0. The summed E-state index contributed by atoms with van der Waals surface area (Å²) < 4.78 is 0. The van der Waals surface area contributed by atoms with E-state index in [-0.39, 0.29) is 16.3 Å². The SMILES string of the molecule is O=c1c2cc3ccccc3cc2c2c1c1c3cc4ccccc4cc3c(=O)c1c1c3cc4ccccc4cc3c(=O)c21. The number of hydrogen-bond donors (Lipinski definition) is 0. The monoisotopic (exact) mass is 534 g/mol. The summed E-state index contributed by atoms with van der Waals surface area (Å²) in [6.07, 6.45) is 0. The topological polar surface area (TPSA) is 51.2 Å². The molecule has 42 heavy (non-hydrogen) atoms. The minimum Gasteiger partial charge on any atom is -0.289 e. The number of hydrogen-bond acceptors (Lipinski definition) is 3. The summed E-state index contributed by atoms with van der Waals surface area (Å²) in [5, 5.41) is 13.3. The molecule has 0 heterocycles. The number of fused-ring (bicyclic) bond motifs is 15. The summed E-state index contributed by atoms with van der Waals surface area (Å²) in [5.74, 6) is 0. The van der Waals surface area contributed by atoms with Crippen LogP contribution >= 0.6 is 0 Å². The molecule has 0 unspecified atom stereocenters. The van der Waals surface area contributed by atoms with E-state index in [1.54, 1.807) is 0 Å². The van der Waals surface area contributed by atoms with Crippen LogP contribution in [0.15, 0.2) is 124 Å². The maximum absolute atomic E-state index is 14.4. The second-order valence-corrected chi connectivity index (χ2v) is 11.5. The molecule has 0 aliphatic carbocycles. The first-order valence-electron chi connectivity index (χ1n) is 14.1. The second-order valence-electron chi connectivity index (χ2n) is 11.5. The third kappa shape index (κ3) is 2.51. The summed E-state index contributed by atoms with van der Waals surface area (Å²) in [7, 11) is 0. The zero-order valence-electron chi connectivity index (χ0n) is 22.1. The molecule has 0 aromatic heterocycles. The van der Waals surface area contributed by atoms with Crippen molar-refractivity contribution in [2.75, 3.05) is 0 Å². The predicted molar refractivity (Wildman–Crippen MR) is 176 cm³/mol. The van der Waals surface area contributed by atoms with E-state index < -0.39 is 0 Å². The zero-order chi connectivity index (χ0) is 27.9. The molecule has 0 atom stereocenters. The molecule has 0 aliphatic heterocycles. The van der Waals surface area contributed by atoms with Crippen molar-refractivity contribution in [2.24, 2.45) is 0 Å². The van der Waals surface area contributed by atoms with Crippen LogP contribution in [0.3, 0.4) is 0 Å². The van der Waals surface area contributed by atoms with E-state index in [9.17, 15) is 14.4 Å². The van der Waals surface area contributed by atoms with Gasteiger partial charge in [0.05, 0.1) is 0 Å². The molecule has 10 aromatic rings. The maximum atomic E-state index is 14.4. The Labute approximate surface area is 236 Å². The molecule has 0 spiro atoms. The third-order valence-electron chi connectivity index (χ3n) is 9.38. The van der Waals surface area contributed by atoms with Crippen LogP contribution < -0.4 is 16.3 Å². The lowest BCUT2D eigenvalue weighted by molar-refractivity contribution is 1.80. The van der Waals surface area contributed by atoms with Gasteiger partial charge < -0.3 is 0 Å². The highest BCUT2D eigenvalue weighted by Gasteiger charge is 2.27. The summed E-state index contributed by atoms with van der Waals surface area (Å²) in [6.45, 7) is 0. The van der Waals surface area contributed by atoms with E-state index in [2.05, 4.69) is 0 Å². The van der Waals surface area contributed by atoms with Crippen LogP contribution in [-0.2, 0) is 0 Å². The largest absolute Gasteiger partial charge is 0.289 e. The minimum atomic E-state index is -0.132. The fourth-order valence-electron chi connectivity index (χ4n) is 7.55. The maximum Gasteiger partial charge on any atom is 0.194 e. The van der Waals surface area contributed by atoms with Gasteiger partial charge in [-0.25, -0.2) is 0 Å². The van der Waals surface area contributed by atoms with Gasteiger partial charge in [-0.1, -0.05) is 72.8 Å². The Morgan fingerprint density at radius 1 is 0.262 bits per heavy atom. The summed E-state index contributed by atoms with van der Waals surface area (Å²) in [5.41, 5.74) is -0.396. The van der Waals surface area contributed by atoms with Crippen molar-refractivity contribution in [1.29, 1.82) is 0 Å². The van der Waals surface area contributed by atoms with Crippen molar-refractivity contribution >= 4 is 97.0 Å².